The average Bonchev–Trinajstić information content (AvgIpc) is 2.37. The second-order valence-corrected chi connectivity index (χ2v) is 4.06. The lowest BCUT2D eigenvalue weighted by molar-refractivity contribution is -0.386. The first-order valence-corrected chi connectivity index (χ1v) is 5.65. The first-order chi connectivity index (χ1) is 9.88. The van der Waals surface area contributed by atoms with Crippen LogP contribution in [0.4, 0.5) is 17.3 Å². The smallest absolute Gasteiger partial charge is 0.349 e. The molecule has 0 saturated heterocycles. The van der Waals surface area contributed by atoms with Crippen LogP contribution in [-0.2, 0) is 0 Å². The van der Waals surface area contributed by atoms with Crippen LogP contribution in [0.5, 0.6) is 11.6 Å². The van der Waals surface area contributed by atoms with Crippen molar-refractivity contribution in [3.8, 4) is 11.6 Å². The first-order valence-electron chi connectivity index (χ1n) is 5.27. The van der Waals surface area contributed by atoms with Crippen LogP contribution in [-0.4, -0.2) is 19.8 Å². The molecule has 10 nitrogen and oxygen atoms in total. The zero-order chi connectivity index (χ0) is 15.6. The highest BCUT2D eigenvalue weighted by Gasteiger charge is 2.20. The fourth-order valence-electron chi connectivity index (χ4n) is 1.38. The number of nitrogens with two attached hydrogens (primary N) is 1. The van der Waals surface area contributed by atoms with Gasteiger partial charge in [0.2, 0.25) is 5.95 Å². The Morgan fingerprint density at radius 3 is 2.43 bits per heavy atom. The molecule has 2 N–H and O–H groups in total. The monoisotopic (exact) mass is 311 g/mol. The van der Waals surface area contributed by atoms with Gasteiger partial charge >= 0.3 is 11.6 Å². The Hall–Kier alpha value is -3.01. The number of anilines is 1. The van der Waals surface area contributed by atoms with E-state index in [-0.39, 0.29) is 22.4 Å². The summed E-state index contributed by atoms with van der Waals surface area (Å²) in [5.41, 5.74) is 4.51. The number of nitrogens with zero attached hydrogens (tertiary/aromatic N) is 4. The molecule has 0 aliphatic carbocycles. The molecule has 11 heteroatoms. The van der Waals surface area contributed by atoms with E-state index in [4.69, 9.17) is 22.1 Å². The van der Waals surface area contributed by atoms with Gasteiger partial charge < -0.3 is 10.5 Å². The van der Waals surface area contributed by atoms with E-state index in [2.05, 4.69) is 9.97 Å². The molecule has 0 unspecified atom stereocenters. The Bertz CT molecular complexity index is 738. The Morgan fingerprint density at radius 2 is 1.86 bits per heavy atom. The zero-order valence-electron chi connectivity index (χ0n) is 10.1. The molecule has 0 aliphatic rings. The molecular weight excluding hydrogens is 306 g/mol. The fraction of sp³-hybridized carbons (Fsp3) is 0. The Balaban J connectivity index is 2.38. The molecule has 2 aromatic rings. The third kappa shape index (κ3) is 3.12. The van der Waals surface area contributed by atoms with Gasteiger partial charge in [0, 0.05) is 12.1 Å². The van der Waals surface area contributed by atoms with Crippen molar-refractivity contribution < 1.29 is 14.6 Å². The van der Waals surface area contributed by atoms with Crippen molar-refractivity contribution in [1.82, 2.24) is 9.97 Å². The summed E-state index contributed by atoms with van der Waals surface area (Å²) in [6, 6.07) is 3.47. The maximum Gasteiger partial charge on any atom is 0.349 e. The van der Waals surface area contributed by atoms with E-state index in [9.17, 15) is 20.2 Å². The predicted octanol–water partition coefficient (Wildman–Crippen LogP) is 2.32. The summed E-state index contributed by atoms with van der Waals surface area (Å²) in [6.07, 6.45) is 0.894. The van der Waals surface area contributed by atoms with Crippen LogP contribution in [0.25, 0.3) is 0 Å². The molecule has 0 aliphatic heterocycles. The Labute approximate surface area is 121 Å². The van der Waals surface area contributed by atoms with Crippen molar-refractivity contribution in [3.63, 3.8) is 0 Å². The number of nitrogen functional groups attached to an aromatic ring is 1. The number of benzene rings is 1. The van der Waals surface area contributed by atoms with Gasteiger partial charge in [0.1, 0.15) is 17.0 Å². The Morgan fingerprint density at radius 1 is 1.19 bits per heavy atom. The number of rotatable bonds is 4. The second-order valence-electron chi connectivity index (χ2n) is 3.65. The summed E-state index contributed by atoms with van der Waals surface area (Å²) in [4.78, 5) is 27.1. The van der Waals surface area contributed by atoms with Gasteiger partial charge in [-0.1, -0.05) is 11.6 Å². The molecule has 1 heterocycles. The number of halogens is 1. The molecule has 2 rings (SSSR count). The van der Waals surface area contributed by atoms with E-state index in [1.165, 1.54) is 6.07 Å². The Kier molecular flexibility index (Phi) is 3.80. The lowest BCUT2D eigenvalue weighted by atomic mass is 10.3. The largest absolute Gasteiger partial charge is 0.434 e. The number of hydrogen-bond donors (Lipinski definition) is 1. The number of aromatic nitrogens is 2. The van der Waals surface area contributed by atoms with E-state index >= 15 is 0 Å². The summed E-state index contributed by atoms with van der Waals surface area (Å²) < 4.78 is 5.19. The van der Waals surface area contributed by atoms with Crippen LogP contribution in [0.1, 0.15) is 0 Å². The molecular formula is C10H6ClN5O5. The molecule has 0 amide bonds. The van der Waals surface area contributed by atoms with Crippen molar-refractivity contribution in [2.45, 2.75) is 0 Å². The van der Waals surface area contributed by atoms with Gasteiger partial charge in [-0.3, -0.25) is 20.2 Å². The molecule has 1 aromatic heterocycles. The van der Waals surface area contributed by atoms with Crippen LogP contribution in [0.2, 0.25) is 5.02 Å². The lowest BCUT2D eigenvalue weighted by Gasteiger charge is -2.05. The van der Waals surface area contributed by atoms with E-state index < -0.39 is 21.4 Å². The summed E-state index contributed by atoms with van der Waals surface area (Å²) in [5.74, 6) is -0.576. The molecule has 0 radical (unpaired) electrons. The maximum atomic E-state index is 10.8. The molecule has 21 heavy (non-hydrogen) atoms. The van der Waals surface area contributed by atoms with Crippen LogP contribution < -0.4 is 10.5 Å². The van der Waals surface area contributed by atoms with Crippen LogP contribution >= 0.6 is 11.6 Å². The van der Waals surface area contributed by atoms with Gasteiger partial charge in [-0.05, 0) is 6.07 Å². The quantitative estimate of drug-likeness (QED) is 0.668. The normalized spacial score (nSPS) is 10.1. The third-order valence-corrected chi connectivity index (χ3v) is 2.58. The van der Waals surface area contributed by atoms with Gasteiger partial charge in [0.15, 0.2) is 0 Å². The lowest BCUT2D eigenvalue weighted by Crippen LogP contribution is -2.01. The van der Waals surface area contributed by atoms with Crippen molar-refractivity contribution in [2.75, 3.05) is 5.73 Å². The molecule has 108 valence electrons. The van der Waals surface area contributed by atoms with Crippen LogP contribution in [0, 0.1) is 20.2 Å². The van der Waals surface area contributed by atoms with Gasteiger partial charge in [-0.25, -0.2) is 4.98 Å². The minimum Gasteiger partial charge on any atom is -0.434 e. The second kappa shape index (κ2) is 5.54. The predicted molar refractivity (Wildman–Crippen MR) is 71.3 cm³/mol. The van der Waals surface area contributed by atoms with Gasteiger partial charge in [-0.2, -0.15) is 4.98 Å². The molecule has 0 atom stereocenters. The van der Waals surface area contributed by atoms with Gasteiger partial charge in [-0.15, -0.1) is 0 Å². The number of nitro benzene ring substituents is 1. The number of nitro groups is 2. The van der Waals surface area contributed by atoms with Gasteiger partial charge in [0.25, 0.3) is 5.69 Å². The molecule has 0 bridgehead atoms. The summed E-state index contributed by atoms with van der Waals surface area (Å²) >= 11 is 5.71. The minimum absolute atomic E-state index is 0.0341. The average molecular weight is 312 g/mol. The number of ether oxygens (including phenoxy) is 1. The van der Waals surface area contributed by atoms with Crippen molar-refractivity contribution >= 4 is 28.9 Å². The van der Waals surface area contributed by atoms with Crippen LogP contribution in [0.15, 0.2) is 24.4 Å². The first kappa shape index (κ1) is 14.4. The van der Waals surface area contributed by atoms with Gasteiger partial charge in [0.05, 0.1) is 9.85 Å². The van der Waals surface area contributed by atoms with E-state index in [0.717, 1.165) is 18.3 Å². The zero-order valence-corrected chi connectivity index (χ0v) is 10.9. The molecule has 0 saturated carbocycles. The highest BCUT2D eigenvalue weighted by molar-refractivity contribution is 6.32. The summed E-state index contributed by atoms with van der Waals surface area (Å²) in [5, 5.41) is 21.3. The third-order valence-electron chi connectivity index (χ3n) is 2.28. The van der Waals surface area contributed by atoms with Crippen molar-refractivity contribution in [2.24, 2.45) is 0 Å². The summed E-state index contributed by atoms with van der Waals surface area (Å²) in [6.45, 7) is 0. The highest BCUT2D eigenvalue weighted by Crippen LogP contribution is 2.33. The van der Waals surface area contributed by atoms with Crippen molar-refractivity contribution in [1.29, 1.82) is 0 Å². The minimum atomic E-state index is -0.748. The standard InChI is InChI=1S/C10H6ClN5O5/c11-6-3-5(1-2-7(6)15(17)18)21-9-8(16(19)20)4-13-10(12)14-9/h1-4H,(H2,12,13,14). The van der Waals surface area contributed by atoms with Crippen LogP contribution in [0.3, 0.4) is 0 Å². The SMILES string of the molecule is Nc1ncc([N+](=O)[O-])c(Oc2ccc([N+](=O)[O-])c(Cl)c2)n1. The topological polar surface area (TPSA) is 147 Å². The number of hydrogen-bond acceptors (Lipinski definition) is 8. The van der Waals surface area contributed by atoms with Crippen molar-refractivity contribution in [3.05, 3.63) is 49.6 Å². The van der Waals surface area contributed by atoms with E-state index in [1.807, 2.05) is 0 Å². The maximum absolute atomic E-state index is 10.8. The molecule has 0 spiro atoms. The summed E-state index contributed by atoms with van der Waals surface area (Å²) in [7, 11) is 0. The van der Waals surface area contributed by atoms with E-state index in [0.29, 0.717) is 0 Å². The highest BCUT2D eigenvalue weighted by atomic mass is 35.5. The van der Waals surface area contributed by atoms with E-state index in [1.54, 1.807) is 0 Å². The molecule has 0 fully saturated rings. The molecule has 1 aromatic carbocycles. The fourth-order valence-corrected chi connectivity index (χ4v) is 1.62.